The maximum absolute atomic E-state index is 9.64. The molecule has 0 aliphatic rings. The van der Waals surface area contributed by atoms with Crippen molar-refractivity contribution in [1.82, 2.24) is 0 Å². The first-order valence-corrected chi connectivity index (χ1v) is 3.41. The molecule has 3 atom stereocenters. The average molecular weight is 197 g/mol. The first-order valence-electron chi connectivity index (χ1n) is 3.41. The second-order valence-electron chi connectivity index (χ2n) is 2.33. The quantitative estimate of drug-likeness (QED) is 0.268. The normalized spacial score (nSPS) is 17.5. The van der Waals surface area contributed by atoms with Gasteiger partial charge in [0.25, 0.3) is 5.09 Å². The number of rotatable bonds is 6. The maximum atomic E-state index is 9.64. The number of hydrogen-bond acceptors (Lipinski definition) is 7. The van der Waals surface area contributed by atoms with Crippen LogP contribution in [0.15, 0.2) is 0 Å². The molecule has 0 aromatic carbocycles. The molecule has 0 aromatic rings. The molecule has 3 unspecified atom stereocenters. The molecule has 0 radical (unpaired) electrons. The minimum Gasteiger partial charge on any atom is -0.394 e. The van der Waals surface area contributed by atoms with E-state index >= 15 is 0 Å². The van der Waals surface area contributed by atoms with Gasteiger partial charge in [-0.15, -0.1) is 10.1 Å². The lowest BCUT2D eigenvalue weighted by Gasteiger charge is -2.20. The largest absolute Gasteiger partial charge is 0.394 e. The van der Waals surface area contributed by atoms with Gasteiger partial charge >= 0.3 is 0 Å². The van der Waals surface area contributed by atoms with Gasteiger partial charge in [-0.05, 0) is 0 Å². The summed E-state index contributed by atoms with van der Waals surface area (Å²) < 4.78 is 0. The van der Waals surface area contributed by atoms with Crippen molar-refractivity contribution >= 4 is 0 Å². The van der Waals surface area contributed by atoms with Gasteiger partial charge in [0, 0.05) is 0 Å². The van der Waals surface area contributed by atoms with Gasteiger partial charge in [-0.25, -0.2) is 0 Å². The summed E-state index contributed by atoms with van der Waals surface area (Å²) in [4.78, 5) is 13.4. The number of nitrogens with zero attached hydrogens (tertiary/aromatic N) is 1. The van der Waals surface area contributed by atoms with E-state index in [0.717, 1.165) is 0 Å². The summed E-state index contributed by atoms with van der Waals surface area (Å²) in [7, 11) is 0. The van der Waals surface area contributed by atoms with Crippen LogP contribution in [0.2, 0.25) is 0 Å². The Morgan fingerprint density at radius 3 is 2.23 bits per heavy atom. The molecule has 13 heavy (non-hydrogen) atoms. The smallest absolute Gasteiger partial charge is 0.294 e. The molecule has 78 valence electrons. The minimum absolute atomic E-state index is 0.753. The molecule has 0 aliphatic carbocycles. The third kappa shape index (κ3) is 4.58. The van der Waals surface area contributed by atoms with Gasteiger partial charge in [-0.3, -0.25) is 0 Å². The van der Waals surface area contributed by atoms with E-state index < -0.39 is 36.6 Å². The van der Waals surface area contributed by atoms with Crippen molar-refractivity contribution < 1.29 is 30.4 Å². The summed E-state index contributed by atoms with van der Waals surface area (Å²) >= 11 is 0. The lowest BCUT2D eigenvalue weighted by atomic mass is 10.1. The Labute approximate surface area is 73.1 Å². The zero-order chi connectivity index (χ0) is 10.4. The van der Waals surface area contributed by atoms with Crippen molar-refractivity contribution in [2.75, 3.05) is 13.2 Å². The summed E-state index contributed by atoms with van der Waals surface area (Å²) in [6.45, 7) is -1.51. The van der Waals surface area contributed by atoms with Crippen LogP contribution >= 0.6 is 0 Å². The maximum Gasteiger partial charge on any atom is 0.294 e. The molecule has 0 fully saturated rings. The number of aliphatic hydroxyl groups excluding tert-OH is 4. The lowest BCUT2D eigenvalue weighted by Crippen LogP contribution is -2.42. The minimum atomic E-state index is -1.68. The summed E-state index contributed by atoms with van der Waals surface area (Å²) in [5.74, 6) is 0. The summed E-state index contributed by atoms with van der Waals surface area (Å²) in [5.41, 5.74) is 0. The van der Waals surface area contributed by atoms with E-state index in [0.29, 0.717) is 0 Å². The van der Waals surface area contributed by atoms with E-state index in [1.54, 1.807) is 0 Å². The lowest BCUT2D eigenvalue weighted by molar-refractivity contribution is -0.759. The molecular formula is C5H11NO7. The van der Waals surface area contributed by atoms with E-state index in [-0.39, 0.29) is 0 Å². The molecule has 0 saturated carbocycles. The second kappa shape index (κ2) is 5.65. The zero-order valence-electron chi connectivity index (χ0n) is 6.61. The number of hydrogen-bond donors (Lipinski definition) is 4. The molecule has 8 heteroatoms. The fourth-order valence-corrected chi connectivity index (χ4v) is 0.600. The predicted molar refractivity (Wildman–Crippen MR) is 38.1 cm³/mol. The Balaban J connectivity index is 3.81. The van der Waals surface area contributed by atoms with Gasteiger partial charge in [-0.2, -0.15) is 0 Å². The van der Waals surface area contributed by atoms with Crippen LogP contribution in [0.5, 0.6) is 0 Å². The first-order chi connectivity index (χ1) is 5.99. The summed E-state index contributed by atoms with van der Waals surface area (Å²) in [5, 5.41) is 43.5. The average Bonchev–Trinajstić information content (AvgIpc) is 2.11. The highest BCUT2D eigenvalue weighted by Gasteiger charge is 2.24. The third-order valence-corrected chi connectivity index (χ3v) is 1.33. The molecule has 8 nitrogen and oxygen atoms in total. The summed E-state index contributed by atoms with van der Waals surface area (Å²) in [6.07, 6.45) is -4.84. The molecule has 4 N–H and O–H groups in total. The van der Waals surface area contributed by atoms with Gasteiger partial charge < -0.3 is 25.3 Å². The van der Waals surface area contributed by atoms with Crippen LogP contribution in [0.3, 0.4) is 0 Å². The molecule has 0 heterocycles. The predicted octanol–water partition coefficient (Wildman–Crippen LogP) is -2.73. The fourth-order valence-electron chi connectivity index (χ4n) is 0.600. The van der Waals surface area contributed by atoms with Gasteiger partial charge in [0.1, 0.15) is 24.9 Å². The molecule has 0 bridgehead atoms. The van der Waals surface area contributed by atoms with Gasteiger partial charge in [0.2, 0.25) is 0 Å². The summed E-state index contributed by atoms with van der Waals surface area (Å²) in [6, 6.07) is 0. The van der Waals surface area contributed by atoms with Crippen LogP contribution in [-0.2, 0) is 4.84 Å². The highest BCUT2D eigenvalue weighted by atomic mass is 17.0. The van der Waals surface area contributed by atoms with Gasteiger partial charge in [0.05, 0.1) is 6.61 Å². The van der Waals surface area contributed by atoms with Crippen LogP contribution in [0, 0.1) is 10.1 Å². The highest BCUT2D eigenvalue weighted by Crippen LogP contribution is 2.00. The van der Waals surface area contributed by atoms with E-state index in [9.17, 15) is 10.1 Å². The Morgan fingerprint density at radius 2 is 1.85 bits per heavy atom. The van der Waals surface area contributed by atoms with Crippen molar-refractivity contribution in [2.45, 2.75) is 18.3 Å². The Bertz CT molecular complexity index is 163. The van der Waals surface area contributed by atoms with Crippen LogP contribution in [0.4, 0.5) is 0 Å². The van der Waals surface area contributed by atoms with Crippen molar-refractivity contribution in [3.8, 4) is 0 Å². The van der Waals surface area contributed by atoms with E-state index in [1.165, 1.54) is 0 Å². The zero-order valence-corrected chi connectivity index (χ0v) is 6.61. The van der Waals surface area contributed by atoms with Crippen molar-refractivity contribution in [2.24, 2.45) is 0 Å². The second-order valence-corrected chi connectivity index (χ2v) is 2.33. The molecule has 0 aliphatic heterocycles. The monoisotopic (exact) mass is 197 g/mol. The van der Waals surface area contributed by atoms with Crippen molar-refractivity contribution in [3.05, 3.63) is 10.1 Å². The van der Waals surface area contributed by atoms with Crippen molar-refractivity contribution in [3.63, 3.8) is 0 Å². The van der Waals surface area contributed by atoms with E-state index in [1.807, 2.05) is 0 Å². The standard InChI is InChI=1S/C5H11NO7/c7-1-3(8)5(10)4(9)2-13-6(11)12/h3-5,7-10H,1-2H2. The van der Waals surface area contributed by atoms with Gasteiger partial charge in [-0.1, -0.05) is 0 Å². The number of aliphatic hydroxyl groups is 4. The molecular weight excluding hydrogens is 186 g/mol. The Kier molecular flexibility index (Phi) is 5.23. The fraction of sp³-hybridized carbons (Fsp3) is 1.00. The Morgan fingerprint density at radius 1 is 1.31 bits per heavy atom. The molecule has 0 aromatic heterocycles. The highest BCUT2D eigenvalue weighted by molar-refractivity contribution is 4.73. The van der Waals surface area contributed by atoms with Crippen molar-refractivity contribution in [1.29, 1.82) is 0 Å². The molecule has 0 rings (SSSR count). The Hall–Kier alpha value is -0.960. The first kappa shape index (κ1) is 12.0. The topological polar surface area (TPSA) is 133 Å². The van der Waals surface area contributed by atoms with Crippen LogP contribution in [0.1, 0.15) is 0 Å². The van der Waals surface area contributed by atoms with E-state index in [4.69, 9.17) is 20.4 Å². The van der Waals surface area contributed by atoms with Crippen LogP contribution < -0.4 is 0 Å². The molecule has 0 spiro atoms. The molecule has 0 saturated heterocycles. The third-order valence-electron chi connectivity index (χ3n) is 1.33. The SMILES string of the molecule is O=[N+]([O-])OCC(O)C(O)C(O)CO. The van der Waals surface area contributed by atoms with Crippen LogP contribution in [-0.4, -0.2) is 57.0 Å². The van der Waals surface area contributed by atoms with Crippen LogP contribution in [0.25, 0.3) is 0 Å². The molecule has 0 amide bonds. The van der Waals surface area contributed by atoms with E-state index in [2.05, 4.69) is 4.84 Å². The van der Waals surface area contributed by atoms with Gasteiger partial charge in [0.15, 0.2) is 0 Å².